The Kier molecular flexibility index (Phi) is 6.48. The van der Waals surface area contributed by atoms with Crippen LogP contribution in [-0.2, 0) is 9.59 Å². The van der Waals surface area contributed by atoms with Crippen molar-refractivity contribution < 1.29 is 19.5 Å². The predicted molar refractivity (Wildman–Crippen MR) is 88.8 cm³/mol. The zero-order chi connectivity index (χ0) is 17.4. The molecule has 1 aliphatic carbocycles. The standard InChI is InChI=1S/C17H21N3O4/c21-15(19-14-4-2-1-3-5-14)10-16(22)20-18-11-12-6-8-13(9-7-12)17(23)24/h6-9,11,14H,1-5,10H2,(H,19,21)(H,20,22)(H,23,24). The number of carbonyl (C=O) groups is 3. The first kappa shape index (κ1) is 17.7. The summed E-state index contributed by atoms with van der Waals surface area (Å²) in [5.41, 5.74) is 3.11. The minimum atomic E-state index is -1.00. The van der Waals surface area contributed by atoms with E-state index < -0.39 is 11.9 Å². The van der Waals surface area contributed by atoms with Crippen molar-refractivity contribution in [3.63, 3.8) is 0 Å². The third-order valence-electron chi connectivity index (χ3n) is 3.85. The van der Waals surface area contributed by atoms with Crippen LogP contribution >= 0.6 is 0 Å². The van der Waals surface area contributed by atoms with Crippen LogP contribution in [0.3, 0.4) is 0 Å². The number of amides is 2. The summed E-state index contributed by atoms with van der Waals surface area (Å²) in [6, 6.07) is 6.23. The quantitative estimate of drug-likeness (QED) is 0.418. The highest BCUT2D eigenvalue weighted by Gasteiger charge is 2.17. The van der Waals surface area contributed by atoms with Gasteiger partial charge in [-0.15, -0.1) is 0 Å². The summed E-state index contributed by atoms with van der Waals surface area (Å²) in [4.78, 5) is 34.2. The molecule has 7 heteroatoms. The Morgan fingerprint density at radius 2 is 1.75 bits per heavy atom. The summed E-state index contributed by atoms with van der Waals surface area (Å²) in [7, 11) is 0. The zero-order valence-electron chi connectivity index (χ0n) is 13.3. The van der Waals surface area contributed by atoms with Gasteiger partial charge in [0.15, 0.2) is 0 Å². The summed E-state index contributed by atoms with van der Waals surface area (Å²) in [6.07, 6.45) is 6.50. The van der Waals surface area contributed by atoms with Gasteiger partial charge in [0.2, 0.25) is 11.8 Å². The van der Waals surface area contributed by atoms with Gasteiger partial charge in [-0.1, -0.05) is 31.4 Å². The number of hydrogen-bond donors (Lipinski definition) is 3. The number of hydrazone groups is 1. The lowest BCUT2D eigenvalue weighted by atomic mass is 9.95. The van der Waals surface area contributed by atoms with Gasteiger partial charge < -0.3 is 10.4 Å². The summed E-state index contributed by atoms with van der Waals surface area (Å²) in [5, 5.41) is 15.4. The van der Waals surface area contributed by atoms with E-state index in [0.29, 0.717) is 5.56 Å². The Labute approximate surface area is 140 Å². The van der Waals surface area contributed by atoms with Crippen molar-refractivity contribution in [2.24, 2.45) is 5.10 Å². The number of carboxylic acids is 1. The molecule has 0 unspecified atom stereocenters. The van der Waals surface area contributed by atoms with Gasteiger partial charge >= 0.3 is 5.97 Å². The summed E-state index contributed by atoms with van der Waals surface area (Å²) < 4.78 is 0. The lowest BCUT2D eigenvalue weighted by Gasteiger charge is -2.22. The molecule has 1 fully saturated rings. The minimum absolute atomic E-state index is 0.176. The van der Waals surface area contributed by atoms with Gasteiger partial charge in [0.1, 0.15) is 6.42 Å². The van der Waals surface area contributed by atoms with Crippen LogP contribution in [0.1, 0.15) is 54.4 Å². The molecule has 1 aliphatic rings. The molecule has 0 aromatic heterocycles. The maximum absolute atomic E-state index is 11.8. The van der Waals surface area contributed by atoms with Crippen LogP contribution in [-0.4, -0.2) is 35.1 Å². The number of carbonyl (C=O) groups excluding carboxylic acids is 2. The maximum Gasteiger partial charge on any atom is 0.335 e. The fraction of sp³-hybridized carbons (Fsp3) is 0.412. The van der Waals surface area contributed by atoms with E-state index in [9.17, 15) is 14.4 Å². The molecule has 1 saturated carbocycles. The molecule has 2 amide bonds. The molecule has 3 N–H and O–H groups in total. The SMILES string of the molecule is O=C(CC(=O)NC1CCCCC1)NN=Cc1ccc(C(=O)O)cc1. The largest absolute Gasteiger partial charge is 0.478 e. The average Bonchev–Trinajstić information content (AvgIpc) is 2.56. The number of aromatic carboxylic acids is 1. The van der Waals surface area contributed by atoms with Crippen molar-refractivity contribution in [3.8, 4) is 0 Å². The molecule has 0 aliphatic heterocycles. The first-order chi connectivity index (χ1) is 11.5. The van der Waals surface area contributed by atoms with Crippen molar-refractivity contribution in [2.75, 3.05) is 0 Å². The molecule has 0 heterocycles. The van der Waals surface area contributed by atoms with Crippen molar-refractivity contribution in [3.05, 3.63) is 35.4 Å². The number of nitrogens with zero attached hydrogens (tertiary/aromatic N) is 1. The summed E-state index contributed by atoms with van der Waals surface area (Å²) >= 11 is 0. The van der Waals surface area contributed by atoms with Crippen LogP contribution in [0.4, 0.5) is 0 Å². The van der Waals surface area contributed by atoms with Crippen molar-refractivity contribution in [1.82, 2.24) is 10.7 Å². The van der Waals surface area contributed by atoms with E-state index in [4.69, 9.17) is 5.11 Å². The molecular formula is C17H21N3O4. The van der Waals surface area contributed by atoms with E-state index in [1.165, 1.54) is 24.8 Å². The second kappa shape index (κ2) is 8.81. The number of rotatable bonds is 6. The Balaban J connectivity index is 1.73. The van der Waals surface area contributed by atoms with Crippen LogP contribution in [0.5, 0.6) is 0 Å². The molecule has 24 heavy (non-hydrogen) atoms. The molecule has 0 radical (unpaired) electrons. The van der Waals surface area contributed by atoms with Crippen LogP contribution in [0.15, 0.2) is 29.4 Å². The maximum atomic E-state index is 11.8. The summed E-state index contributed by atoms with van der Waals surface area (Å²) in [5.74, 6) is -1.78. The highest BCUT2D eigenvalue weighted by atomic mass is 16.4. The van der Waals surface area contributed by atoms with Crippen LogP contribution in [0.2, 0.25) is 0 Å². The van der Waals surface area contributed by atoms with E-state index >= 15 is 0 Å². The van der Waals surface area contributed by atoms with Crippen molar-refractivity contribution >= 4 is 24.0 Å². The van der Waals surface area contributed by atoms with Crippen LogP contribution in [0.25, 0.3) is 0 Å². The first-order valence-corrected chi connectivity index (χ1v) is 7.99. The molecule has 0 bridgehead atoms. The zero-order valence-corrected chi connectivity index (χ0v) is 13.3. The molecular weight excluding hydrogens is 310 g/mol. The van der Waals surface area contributed by atoms with E-state index in [-0.39, 0.29) is 23.9 Å². The van der Waals surface area contributed by atoms with Gasteiger partial charge in [-0.05, 0) is 30.5 Å². The van der Waals surface area contributed by atoms with Crippen molar-refractivity contribution in [1.29, 1.82) is 0 Å². The van der Waals surface area contributed by atoms with Crippen LogP contribution < -0.4 is 10.7 Å². The van der Waals surface area contributed by atoms with E-state index in [0.717, 1.165) is 25.7 Å². The number of nitrogens with one attached hydrogen (secondary N) is 2. The minimum Gasteiger partial charge on any atom is -0.478 e. The predicted octanol–water partition coefficient (Wildman–Crippen LogP) is 1.67. The first-order valence-electron chi connectivity index (χ1n) is 7.99. The average molecular weight is 331 g/mol. The smallest absolute Gasteiger partial charge is 0.335 e. The Hall–Kier alpha value is -2.70. The van der Waals surface area contributed by atoms with E-state index in [2.05, 4.69) is 15.8 Å². The fourth-order valence-corrected chi connectivity index (χ4v) is 2.60. The molecule has 0 spiro atoms. The fourth-order valence-electron chi connectivity index (χ4n) is 2.60. The van der Waals surface area contributed by atoms with Crippen LogP contribution in [0, 0.1) is 0 Å². The lowest BCUT2D eigenvalue weighted by molar-refractivity contribution is -0.129. The highest BCUT2D eigenvalue weighted by Crippen LogP contribution is 2.17. The van der Waals surface area contributed by atoms with Gasteiger partial charge in [-0.2, -0.15) is 5.10 Å². The summed E-state index contributed by atoms with van der Waals surface area (Å²) in [6.45, 7) is 0. The molecule has 1 aromatic carbocycles. The third-order valence-corrected chi connectivity index (χ3v) is 3.85. The van der Waals surface area contributed by atoms with Gasteiger partial charge in [0, 0.05) is 6.04 Å². The molecule has 0 saturated heterocycles. The number of benzene rings is 1. The number of carboxylic acid groups (broad SMARTS) is 1. The third kappa shape index (κ3) is 5.83. The van der Waals surface area contributed by atoms with Gasteiger partial charge in [0.25, 0.3) is 0 Å². The monoisotopic (exact) mass is 331 g/mol. The molecule has 128 valence electrons. The van der Waals surface area contributed by atoms with Crippen molar-refractivity contribution in [2.45, 2.75) is 44.6 Å². The topological polar surface area (TPSA) is 108 Å². The molecule has 2 rings (SSSR count). The molecule has 1 aromatic rings. The van der Waals surface area contributed by atoms with Gasteiger partial charge in [0.05, 0.1) is 11.8 Å². The lowest BCUT2D eigenvalue weighted by Crippen LogP contribution is -2.38. The Morgan fingerprint density at radius 3 is 2.38 bits per heavy atom. The van der Waals surface area contributed by atoms with E-state index in [1.54, 1.807) is 12.1 Å². The second-order valence-electron chi connectivity index (χ2n) is 5.80. The van der Waals surface area contributed by atoms with Gasteiger partial charge in [-0.25, -0.2) is 10.2 Å². The van der Waals surface area contributed by atoms with E-state index in [1.807, 2.05) is 0 Å². The normalized spacial score (nSPS) is 15.2. The van der Waals surface area contributed by atoms with Gasteiger partial charge in [-0.3, -0.25) is 9.59 Å². The Morgan fingerprint density at radius 1 is 1.08 bits per heavy atom. The highest BCUT2D eigenvalue weighted by molar-refractivity contribution is 5.97. The number of hydrogen-bond acceptors (Lipinski definition) is 4. The molecule has 0 atom stereocenters. The molecule has 7 nitrogen and oxygen atoms in total. The Bertz CT molecular complexity index is 619. The second-order valence-corrected chi connectivity index (χ2v) is 5.80.